The minimum atomic E-state index is -3.78. The standard InChI is InChI=1S/C24H25N13O4S2/c1-43(40,41)18-17(11-4-12-2-3-13(5-11)36(12)24(39)21-29-10-31-35-21)33-22-14(6-32-37(22)19(18)25)15-7-26-16(42-15)8-27-23(38)20-28-9-30-34-20/h6-7,9-13H,2-5,8,25H2,1H3,(H,27,38)(H,28,30,34)(H,29,31,35)/t11?,12-,13+. The zero-order valence-electron chi connectivity index (χ0n) is 22.6. The number of nitrogens with one attached hydrogen (secondary N) is 3. The van der Waals surface area contributed by atoms with Crippen LogP contribution in [-0.2, 0) is 16.4 Å². The lowest BCUT2D eigenvalue weighted by Crippen LogP contribution is -2.46. The van der Waals surface area contributed by atoms with E-state index in [0.717, 1.165) is 24.0 Å². The van der Waals surface area contributed by atoms with Crippen LogP contribution < -0.4 is 11.1 Å². The van der Waals surface area contributed by atoms with Crippen LogP contribution in [-0.4, -0.2) is 93.4 Å². The summed E-state index contributed by atoms with van der Waals surface area (Å²) in [5.74, 6) is -0.633. The van der Waals surface area contributed by atoms with Gasteiger partial charge in [-0.2, -0.15) is 19.8 Å². The largest absolute Gasteiger partial charge is 0.382 e. The minimum Gasteiger partial charge on any atom is -0.382 e. The van der Waals surface area contributed by atoms with Gasteiger partial charge in [0.1, 0.15) is 28.4 Å². The Morgan fingerprint density at radius 3 is 2.42 bits per heavy atom. The van der Waals surface area contributed by atoms with Gasteiger partial charge in [-0.1, -0.05) is 0 Å². The molecule has 2 saturated heterocycles. The van der Waals surface area contributed by atoms with Crippen molar-refractivity contribution < 1.29 is 18.0 Å². The number of fused-ring (bicyclic) bond motifs is 3. The fraction of sp³-hybridized carbons (Fsp3) is 0.375. The molecule has 5 aromatic rings. The third kappa shape index (κ3) is 4.69. The molecule has 1 unspecified atom stereocenters. The molecule has 17 nitrogen and oxygen atoms in total. The normalized spacial score (nSPS) is 20.1. The quantitative estimate of drug-likeness (QED) is 0.195. The van der Waals surface area contributed by atoms with Crippen molar-refractivity contribution in [3.8, 4) is 10.4 Å². The van der Waals surface area contributed by atoms with Crippen molar-refractivity contribution in [2.45, 2.75) is 55.1 Å². The molecule has 43 heavy (non-hydrogen) atoms. The summed E-state index contributed by atoms with van der Waals surface area (Å²) in [4.78, 5) is 45.0. The van der Waals surface area contributed by atoms with Crippen LogP contribution in [0.4, 0.5) is 5.82 Å². The maximum atomic E-state index is 13.1. The maximum Gasteiger partial charge on any atom is 0.291 e. The van der Waals surface area contributed by atoms with Gasteiger partial charge >= 0.3 is 0 Å². The molecule has 7 heterocycles. The Hall–Kier alpha value is -4.78. The first-order valence-electron chi connectivity index (χ1n) is 13.3. The molecule has 5 aromatic heterocycles. The third-order valence-corrected chi connectivity index (χ3v) is 10.0. The van der Waals surface area contributed by atoms with Gasteiger partial charge < -0.3 is 16.0 Å². The van der Waals surface area contributed by atoms with E-state index in [-0.39, 0.29) is 52.8 Å². The molecule has 2 fully saturated rings. The first-order valence-corrected chi connectivity index (χ1v) is 16.0. The number of aromatic nitrogens is 10. The number of sulfone groups is 1. The lowest BCUT2D eigenvalue weighted by Gasteiger charge is -2.38. The maximum absolute atomic E-state index is 13.1. The predicted octanol–water partition coefficient (Wildman–Crippen LogP) is 0.556. The van der Waals surface area contributed by atoms with Crippen LogP contribution in [0.1, 0.15) is 63.5 Å². The number of amides is 2. The highest BCUT2D eigenvalue weighted by molar-refractivity contribution is 7.91. The number of thiazole rings is 1. The van der Waals surface area contributed by atoms with E-state index in [1.807, 2.05) is 4.90 Å². The summed E-state index contributed by atoms with van der Waals surface area (Å²) in [5.41, 5.74) is 7.88. The number of aromatic amines is 2. The minimum absolute atomic E-state index is 0.0228. The van der Waals surface area contributed by atoms with Crippen LogP contribution in [0.15, 0.2) is 29.9 Å². The Balaban J connectivity index is 1.21. The van der Waals surface area contributed by atoms with Gasteiger partial charge in [-0.25, -0.2) is 28.4 Å². The average molecular weight is 624 g/mol. The number of nitrogen functional groups attached to an aromatic ring is 1. The summed E-state index contributed by atoms with van der Waals surface area (Å²) >= 11 is 1.33. The van der Waals surface area contributed by atoms with Gasteiger partial charge in [-0.05, 0) is 25.7 Å². The molecule has 0 saturated carbocycles. The molecule has 222 valence electrons. The van der Waals surface area contributed by atoms with Crippen LogP contribution in [0.5, 0.6) is 0 Å². The molecule has 5 N–H and O–H groups in total. The smallest absolute Gasteiger partial charge is 0.291 e. The lowest BCUT2D eigenvalue weighted by molar-refractivity contribution is 0.0556. The number of nitrogens with zero attached hydrogens (tertiary/aromatic N) is 9. The summed E-state index contributed by atoms with van der Waals surface area (Å²) < 4.78 is 27.5. The molecule has 0 spiro atoms. The van der Waals surface area contributed by atoms with E-state index in [4.69, 9.17) is 10.7 Å². The summed E-state index contributed by atoms with van der Waals surface area (Å²) in [7, 11) is -3.78. The number of H-pyrrole nitrogens is 2. The number of nitrogens with two attached hydrogens (primary N) is 1. The molecule has 19 heteroatoms. The van der Waals surface area contributed by atoms with Crippen molar-refractivity contribution >= 4 is 44.5 Å². The molecular weight excluding hydrogens is 598 g/mol. The highest BCUT2D eigenvalue weighted by atomic mass is 32.2. The fourth-order valence-corrected chi connectivity index (χ4v) is 8.00. The number of carbonyl (C=O) groups excluding carboxylic acids is 2. The van der Waals surface area contributed by atoms with Gasteiger partial charge in [0.25, 0.3) is 11.8 Å². The predicted molar refractivity (Wildman–Crippen MR) is 151 cm³/mol. The second-order valence-corrected chi connectivity index (χ2v) is 13.6. The van der Waals surface area contributed by atoms with Gasteiger partial charge in [-0.15, -0.1) is 11.3 Å². The van der Waals surface area contributed by atoms with E-state index >= 15 is 0 Å². The van der Waals surface area contributed by atoms with Gasteiger partial charge in [0.05, 0.1) is 28.9 Å². The highest BCUT2D eigenvalue weighted by Gasteiger charge is 2.46. The molecular formula is C24H25N13O4S2. The lowest BCUT2D eigenvalue weighted by atomic mass is 9.87. The summed E-state index contributed by atoms with van der Waals surface area (Å²) in [6.45, 7) is 0.163. The molecule has 0 aliphatic carbocycles. The Kier molecular flexibility index (Phi) is 6.42. The van der Waals surface area contributed by atoms with Gasteiger partial charge in [0.15, 0.2) is 15.5 Å². The van der Waals surface area contributed by atoms with Gasteiger partial charge in [0.2, 0.25) is 11.6 Å². The Morgan fingerprint density at radius 2 is 1.77 bits per heavy atom. The molecule has 3 atom stereocenters. The van der Waals surface area contributed by atoms with Crippen LogP contribution in [0, 0.1) is 0 Å². The van der Waals surface area contributed by atoms with Crippen molar-refractivity contribution in [3.63, 3.8) is 0 Å². The van der Waals surface area contributed by atoms with E-state index in [1.165, 1.54) is 28.5 Å². The zero-order chi connectivity index (χ0) is 29.9. The molecule has 0 radical (unpaired) electrons. The molecule has 2 aliphatic heterocycles. The number of piperidine rings is 1. The number of anilines is 1. The van der Waals surface area contributed by atoms with Crippen molar-refractivity contribution in [1.29, 1.82) is 0 Å². The van der Waals surface area contributed by atoms with Crippen LogP contribution in [0.25, 0.3) is 16.1 Å². The summed E-state index contributed by atoms with van der Waals surface area (Å²) in [5, 5.41) is 20.3. The van der Waals surface area contributed by atoms with Gasteiger partial charge in [-0.3, -0.25) is 19.8 Å². The second kappa shape index (κ2) is 10.2. The van der Waals surface area contributed by atoms with Crippen LogP contribution in [0.3, 0.4) is 0 Å². The number of hydrogen-bond acceptors (Lipinski definition) is 13. The highest BCUT2D eigenvalue weighted by Crippen LogP contribution is 2.45. The molecule has 2 bridgehead atoms. The van der Waals surface area contributed by atoms with E-state index in [1.54, 1.807) is 12.4 Å². The summed E-state index contributed by atoms with van der Waals surface area (Å²) in [6.07, 6.45) is 9.51. The van der Waals surface area contributed by atoms with Crippen molar-refractivity contribution in [1.82, 2.24) is 60.2 Å². The Labute approximate surface area is 247 Å². The molecule has 7 rings (SSSR count). The van der Waals surface area contributed by atoms with E-state index in [9.17, 15) is 18.0 Å². The Morgan fingerprint density at radius 1 is 1.07 bits per heavy atom. The van der Waals surface area contributed by atoms with Gasteiger partial charge in [0, 0.05) is 30.5 Å². The van der Waals surface area contributed by atoms with E-state index < -0.39 is 15.7 Å². The van der Waals surface area contributed by atoms with Crippen LogP contribution in [0.2, 0.25) is 0 Å². The zero-order valence-corrected chi connectivity index (χ0v) is 24.3. The van der Waals surface area contributed by atoms with Crippen LogP contribution >= 0.6 is 11.3 Å². The summed E-state index contributed by atoms with van der Waals surface area (Å²) in [6, 6.07) is -0.206. The second-order valence-electron chi connectivity index (χ2n) is 10.5. The molecule has 2 aliphatic rings. The first kappa shape index (κ1) is 27.1. The average Bonchev–Trinajstić information content (AvgIpc) is 3.80. The SMILES string of the molecule is CS(=O)(=O)c1c(C2C[C@H]3CC[C@@H](C2)N3C(=O)c2ncn[nH]2)nc2c(-c3cnc(CNC(=O)c4ncn[nH]4)s3)cnn2c1N. The van der Waals surface area contributed by atoms with Crippen molar-refractivity contribution in [2.24, 2.45) is 0 Å². The Bertz CT molecular complexity index is 1940. The van der Waals surface area contributed by atoms with Crippen molar-refractivity contribution in [2.75, 3.05) is 12.0 Å². The van der Waals surface area contributed by atoms with E-state index in [0.29, 0.717) is 34.8 Å². The number of hydrogen-bond donors (Lipinski definition) is 4. The number of carbonyl (C=O) groups is 2. The van der Waals surface area contributed by atoms with Crippen molar-refractivity contribution in [3.05, 3.63) is 47.4 Å². The molecule has 2 amide bonds. The van der Waals surface area contributed by atoms with E-state index in [2.05, 4.69) is 45.8 Å². The number of rotatable bonds is 7. The first-order chi connectivity index (χ1) is 20.7. The fourth-order valence-electron chi connectivity index (χ4n) is 6.08. The topological polar surface area (TPSA) is 236 Å². The monoisotopic (exact) mass is 623 g/mol. The molecule has 0 aromatic carbocycles. The third-order valence-electron chi connectivity index (χ3n) is 7.86.